The number of terminal acetylenes is 1. The molecule has 0 aliphatic heterocycles. The second kappa shape index (κ2) is 11.2. The molecule has 0 aliphatic carbocycles. The van der Waals surface area contributed by atoms with Crippen molar-refractivity contribution in [2.45, 2.75) is 20.5 Å². The largest absolute Gasteiger partial charge is 0.489 e. The maximum Gasteiger partial charge on any atom is 0.140 e. The van der Waals surface area contributed by atoms with E-state index in [0.717, 1.165) is 24.4 Å². The van der Waals surface area contributed by atoms with Crippen LogP contribution in [0.5, 0.6) is 11.5 Å². The van der Waals surface area contributed by atoms with Gasteiger partial charge in [-0.1, -0.05) is 50.6 Å². The minimum absolute atomic E-state index is 0.552. The first-order valence-electron chi connectivity index (χ1n) is 7.40. The summed E-state index contributed by atoms with van der Waals surface area (Å²) >= 11 is 0. The molecule has 3 heteroatoms. The molecule has 116 valence electrons. The van der Waals surface area contributed by atoms with Crippen LogP contribution in [0, 0.1) is 12.5 Å². The fraction of sp³-hybridized carbons (Fsp3) is 0.263. The van der Waals surface area contributed by atoms with E-state index in [-0.39, 0.29) is 0 Å². The number of hydrogen-bond donors (Lipinski definition) is 1. The first-order valence-corrected chi connectivity index (χ1v) is 7.40. The highest BCUT2D eigenvalue weighted by molar-refractivity contribution is 5.32. The minimum atomic E-state index is 0.552. The summed E-state index contributed by atoms with van der Waals surface area (Å²) in [6.45, 7) is 6.94. The lowest BCUT2D eigenvalue weighted by atomic mass is 10.2. The summed E-state index contributed by atoms with van der Waals surface area (Å²) in [7, 11) is 0. The number of hydrogen-bond acceptors (Lipinski definition) is 3. The summed E-state index contributed by atoms with van der Waals surface area (Å²) in [5.74, 6) is 1.43. The third-order valence-electron chi connectivity index (χ3n) is 2.75. The van der Waals surface area contributed by atoms with E-state index in [1.165, 1.54) is 0 Å². The second-order valence-corrected chi connectivity index (χ2v) is 4.42. The van der Waals surface area contributed by atoms with Gasteiger partial charge in [0.1, 0.15) is 24.2 Å². The number of rotatable bonds is 6. The predicted molar refractivity (Wildman–Crippen MR) is 90.9 cm³/mol. The maximum absolute atomic E-state index is 5.62. The van der Waals surface area contributed by atoms with Gasteiger partial charge in [-0.3, -0.25) is 0 Å². The summed E-state index contributed by atoms with van der Waals surface area (Å²) < 4.78 is 10.5. The van der Waals surface area contributed by atoms with E-state index in [9.17, 15) is 0 Å². The fourth-order valence-corrected chi connectivity index (χ4v) is 1.66. The molecule has 0 amide bonds. The van der Waals surface area contributed by atoms with E-state index in [4.69, 9.17) is 15.9 Å². The Morgan fingerprint density at radius 3 is 2.00 bits per heavy atom. The molecule has 0 unspecified atom stereocenters. The van der Waals surface area contributed by atoms with Crippen LogP contribution in [-0.4, -0.2) is 13.1 Å². The molecule has 0 heterocycles. The van der Waals surface area contributed by atoms with Gasteiger partial charge in [0.05, 0.1) is 0 Å². The molecule has 0 aromatic heterocycles. The Kier molecular flexibility index (Phi) is 9.00. The maximum atomic E-state index is 5.62. The molecule has 0 aliphatic rings. The first-order chi connectivity index (χ1) is 10.8. The van der Waals surface area contributed by atoms with Crippen molar-refractivity contribution in [3.05, 3.63) is 60.2 Å². The standard InChI is InChI=1S/C15H12O2.C4H11N/c1-2-16-14-8-10-15(11-9-14)17-12-13-6-4-3-5-7-13;1-3-5-4-2/h1,3-11H,12H2;5H,3-4H2,1-2H3. The smallest absolute Gasteiger partial charge is 0.140 e. The summed E-state index contributed by atoms with van der Waals surface area (Å²) in [5.41, 5.74) is 1.14. The number of benzene rings is 2. The van der Waals surface area contributed by atoms with Crippen LogP contribution in [0.1, 0.15) is 19.4 Å². The average Bonchev–Trinajstić information content (AvgIpc) is 2.57. The van der Waals surface area contributed by atoms with Crippen LogP contribution in [0.3, 0.4) is 0 Å². The lowest BCUT2D eigenvalue weighted by molar-refractivity contribution is 0.306. The van der Waals surface area contributed by atoms with Gasteiger partial charge in [-0.25, -0.2) is 0 Å². The molecule has 0 bridgehead atoms. The van der Waals surface area contributed by atoms with Gasteiger partial charge in [0.2, 0.25) is 0 Å². The minimum Gasteiger partial charge on any atom is -0.489 e. The van der Waals surface area contributed by atoms with Crippen LogP contribution in [0.15, 0.2) is 54.6 Å². The molecule has 3 nitrogen and oxygen atoms in total. The van der Waals surface area contributed by atoms with Gasteiger partial charge in [0.15, 0.2) is 0 Å². The zero-order chi connectivity index (χ0) is 16.0. The van der Waals surface area contributed by atoms with E-state index in [0.29, 0.717) is 12.4 Å². The number of ether oxygens (including phenoxy) is 2. The Morgan fingerprint density at radius 2 is 1.50 bits per heavy atom. The monoisotopic (exact) mass is 297 g/mol. The van der Waals surface area contributed by atoms with Gasteiger partial charge in [0.25, 0.3) is 0 Å². The molecule has 0 saturated heterocycles. The molecule has 0 atom stereocenters. The van der Waals surface area contributed by atoms with Crippen LogP contribution >= 0.6 is 0 Å². The van der Waals surface area contributed by atoms with Crippen LogP contribution in [0.2, 0.25) is 0 Å². The SMILES string of the molecule is C#COc1ccc(OCc2ccccc2)cc1.CCNCC. The Labute approximate surface area is 133 Å². The predicted octanol–water partition coefficient (Wildman–Crippen LogP) is 3.85. The Balaban J connectivity index is 0.000000422. The highest BCUT2D eigenvalue weighted by Gasteiger charge is 1.96. The van der Waals surface area contributed by atoms with Crippen molar-refractivity contribution in [1.29, 1.82) is 0 Å². The van der Waals surface area contributed by atoms with Gasteiger partial charge in [-0.05, 0) is 42.9 Å². The van der Waals surface area contributed by atoms with Crippen LogP contribution in [0.25, 0.3) is 0 Å². The third kappa shape index (κ3) is 7.37. The molecule has 0 fully saturated rings. The van der Waals surface area contributed by atoms with Crippen molar-refractivity contribution in [2.24, 2.45) is 0 Å². The van der Waals surface area contributed by atoms with Crippen molar-refractivity contribution in [1.82, 2.24) is 5.32 Å². The van der Waals surface area contributed by atoms with E-state index >= 15 is 0 Å². The van der Waals surface area contributed by atoms with Gasteiger partial charge < -0.3 is 14.8 Å². The van der Waals surface area contributed by atoms with Crippen molar-refractivity contribution >= 4 is 0 Å². The van der Waals surface area contributed by atoms with Crippen molar-refractivity contribution in [3.8, 4) is 24.0 Å². The molecule has 2 rings (SSSR count). The summed E-state index contributed by atoms with van der Waals surface area (Å²) in [5, 5.41) is 3.11. The zero-order valence-corrected chi connectivity index (χ0v) is 13.2. The molecule has 2 aromatic rings. The van der Waals surface area contributed by atoms with Crippen LogP contribution in [0.4, 0.5) is 0 Å². The van der Waals surface area contributed by atoms with Gasteiger partial charge in [0, 0.05) is 0 Å². The van der Waals surface area contributed by atoms with E-state index in [1.807, 2.05) is 42.5 Å². The van der Waals surface area contributed by atoms with Crippen molar-refractivity contribution in [2.75, 3.05) is 13.1 Å². The van der Waals surface area contributed by atoms with Gasteiger partial charge in [-0.15, -0.1) is 0 Å². The Bertz CT molecular complexity index is 542. The highest BCUT2D eigenvalue weighted by atomic mass is 16.5. The molecular weight excluding hydrogens is 274 g/mol. The van der Waals surface area contributed by atoms with Crippen molar-refractivity contribution < 1.29 is 9.47 Å². The van der Waals surface area contributed by atoms with E-state index < -0.39 is 0 Å². The molecular formula is C19H23NO2. The lowest BCUT2D eigenvalue weighted by Crippen LogP contribution is -2.09. The average molecular weight is 297 g/mol. The summed E-state index contributed by atoms with van der Waals surface area (Å²) in [6.07, 6.45) is 7.15. The molecule has 0 spiro atoms. The van der Waals surface area contributed by atoms with E-state index in [2.05, 4.69) is 25.3 Å². The molecule has 0 radical (unpaired) electrons. The fourth-order valence-electron chi connectivity index (χ4n) is 1.66. The van der Waals surface area contributed by atoms with Gasteiger partial charge >= 0.3 is 0 Å². The third-order valence-corrected chi connectivity index (χ3v) is 2.75. The summed E-state index contributed by atoms with van der Waals surface area (Å²) in [4.78, 5) is 0. The molecule has 22 heavy (non-hydrogen) atoms. The quantitative estimate of drug-likeness (QED) is 0.822. The Morgan fingerprint density at radius 1 is 0.909 bits per heavy atom. The Hall–Kier alpha value is -2.44. The summed E-state index contributed by atoms with van der Waals surface area (Å²) in [6, 6.07) is 17.2. The van der Waals surface area contributed by atoms with Gasteiger partial charge in [-0.2, -0.15) is 0 Å². The van der Waals surface area contributed by atoms with Crippen molar-refractivity contribution in [3.63, 3.8) is 0 Å². The van der Waals surface area contributed by atoms with Crippen LogP contribution < -0.4 is 14.8 Å². The zero-order valence-electron chi connectivity index (χ0n) is 13.2. The normalized spacial score (nSPS) is 9.14. The first kappa shape index (κ1) is 17.6. The van der Waals surface area contributed by atoms with Crippen LogP contribution in [-0.2, 0) is 6.61 Å². The molecule has 2 aromatic carbocycles. The van der Waals surface area contributed by atoms with E-state index in [1.54, 1.807) is 12.1 Å². The lowest BCUT2D eigenvalue weighted by Gasteiger charge is -2.06. The number of nitrogens with one attached hydrogen (secondary N) is 1. The second-order valence-electron chi connectivity index (χ2n) is 4.42. The molecule has 1 N–H and O–H groups in total. The highest BCUT2D eigenvalue weighted by Crippen LogP contribution is 2.18. The topological polar surface area (TPSA) is 30.5 Å². The molecule has 0 saturated carbocycles.